The molecular formula is C30H35F2N3O11. The number of aromatic hydroxyl groups is 1. The van der Waals surface area contributed by atoms with E-state index in [4.69, 9.17) is 29.5 Å². The fraction of sp³-hybridized carbons (Fsp3) is 0.467. The Morgan fingerprint density at radius 1 is 1.02 bits per heavy atom. The molecule has 8 N–H and O–H groups in total. The average molecular weight is 652 g/mol. The molecule has 10 atom stereocenters. The Hall–Kier alpha value is -3.74. The molecule has 3 aliphatic rings. The summed E-state index contributed by atoms with van der Waals surface area (Å²) in [6, 6.07) is 5.23. The van der Waals surface area contributed by atoms with Gasteiger partial charge in [-0.3, -0.25) is 4.79 Å². The second kappa shape index (κ2) is 13.9. The van der Waals surface area contributed by atoms with E-state index in [0.29, 0.717) is 11.1 Å². The molecule has 2 heterocycles. The molecular weight excluding hydrogens is 616 g/mol. The second-order valence-electron chi connectivity index (χ2n) is 11.3. The normalized spacial score (nSPS) is 33.1. The van der Waals surface area contributed by atoms with Crippen LogP contribution in [0.25, 0.3) is 6.08 Å². The Kier molecular flexibility index (Phi) is 10.2. The predicted octanol–water partition coefficient (Wildman–Crippen LogP) is -0.219. The van der Waals surface area contributed by atoms with Gasteiger partial charge in [0.25, 0.3) is 0 Å². The highest BCUT2D eigenvalue weighted by Crippen LogP contribution is 2.33. The molecule has 0 spiro atoms. The number of amides is 1. The number of carbonyl (C=O) groups excluding carboxylic acids is 1. The van der Waals surface area contributed by atoms with E-state index in [1.807, 2.05) is 0 Å². The molecule has 0 radical (unpaired) electrons. The lowest BCUT2D eigenvalue weighted by Gasteiger charge is -2.41. The summed E-state index contributed by atoms with van der Waals surface area (Å²) in [5, 5.41) is 58.9. The van der Waals surface area contributed by atoms with Crippen molar-refractivity contribution in [2.45, 2.75) is 81.6 Å². The van der Waals surface area contributed by atoms with Crippen molar-refractivity contribution in [3.05, 3.63) is 64.7 Å². The van der Waals surface area contributed by atoms with Crippen LogP contribution in [0.15, 0.2) is 47.1 Å². The van der Waals surface area contributed by atoms with Crippen LogP contribution in [-0.4, -0.2) is 105 Å². The molecule has 1 saturated carbocycles. The molecule has 0 bridgehead atoms. The highest BCUT2D eigenvalue weighted by atomic mass is 19.2. The Morgan fingerprint density at radius 2 is 1.74 bits per heavy atom. The first-order chi connectivity index (χ1) is 21.8. The number of hydrogen-bond donors (Lipinski definition) is 7. The van der Waals surface area contributed by atoms with Gasteiger partial charge < -0.3 is 60.4 Å². The maximum Gasteiger partial charge on any atom is 0.247 e. The van der Waals surface area contributed by atoms with Gasteiger partial charge in [-0.15, -0.1) is 0 Å². The highest BCUT2D eigenvalue weighted by Gasteiger charge is 2.53. The standard InChI is InChI=1S/C30H35F2N3O11/c1-12(29(41)34-21-23(38)25(40)28-27(24(21)39)42-11-43-28)7-14-4-6-19(18(36)9-14)45-30-20(33)22(37)26(46-30)13(2)35-44-10-15-3-5-16(31)17(32)8-15/h3-9,20-28,30,36-40H,10-11,33H2,1-2H3,(H,34,41)/b12-7+,35-13+/t20-,21-,22+,23+,24-,25-,26-,27+,28-,30-/m1/s1. The smallest absolute Gasteiger partial charge is 0.247 e. The van der Waals surface area contributed by atoms with Crippen LogP contribution in [0, 0.1) is 11.6 Å². The van der Waals surface area contributed by atoms with E-state index in [9.17, 15) is 39.1 Å². The van der Waals surface area contributed by atoms with Gasteiger partial charge in [0.15, 0.2) is 23.1 Å². The molecule has 5 rings (SSSR count). The lowest BCUT2D eigenvalue weighted by Crippen LogP contribution is -2.67. The van der Waals surface area contributed by atoms with Crippen LogP contribution in [0.1, 0.15) is 25.0 Å². The molecule has 1 amide bonds. The first-order valence-corrected chi connectivity index (χ1v) is 14.3. The molecule has 2 saturated heterocycles. The molecule has 1 aliphatic carbocycles. The van der Waals surface area contributed by atoms with Crippen molar-refractivity contribution in [1.29, 1.82) is 0 Å². The number of phenolic OH excluding ortho intramolecular Hbond substituents is 1. The second-order valence-corrected chi connectivity index (χ2v) is 11.3. The van der Waals surface area contributed by atoms with Crippen LogP contribution in [-0.2, 0) is 30.4 Å². The number of nitrogens with zero attached hydrogens (tertiary/aromatic N) is 1. The third kappa shape index (κ3) is 6.98. The minimum atomic E-state index is -1.51. The highest BCUT2D eigenvalue weighted by molar-refractivity contribution is 5.97. The van der Waals surface area contributed by atoms with Gasteiger partial charge in [0.05, 0.1) is 17.8 Å². The summed E-state index contributed by atoms with van der Waals surface area (Å²) in [7, 11) is 0. The summed E-state index contributed by atoms with van der Waals surface area (Å²) >= 11 is 0. The number of carbonyl (C=O) groups is 1. The molecule has 0 aromatic heterocycles. The predicted molar refractivity (Wildman–Crippen MR) is 154 cm³/mol. The van der Waals surface area contributed by atoms with Crippen LogP contribution in [0.5, 0.6) is 11.5 Å². The summed E-state index contributed by atoms with van der Waals surface area (Å²) in [4.78, 5) is 18.0. The number of hydrogen-bond acceptors (Lipinski definition) is 13. The van der Waals surface area contributed by atoms with E-state index in [0.717, 1.165) is 12.1 Å². The van der Waals surface area contributed by atoms with Gasteiger partial charge in [-0.1, -0.05) is 17.3 Å². The Balaban J connectivity index is 1.18. The Morgan fingerprint density at radius 3 is 2.43 bits per heavy atom. The molecule has 2 aromatic rings. The number of aliphatic hydroxyl groups excluding tert-OH is 4. The molecule has 14 nitrogen and oxygen atoms in total. The molecule has 46 heavy (non-hydrogen) atoms. The molecule has 16 heteroatoms. The maximum absolute atomic E-state index is 13.4. The molecule has 0 unspecified atom stereocenters. The first kappa shape index (κ1) is 33.6. The van der Waals surface area contributed by atoms with E-state index in [-0.39, 0.29) is 36.2 Å². The number of nitrogens with two attached hydrogens (primary N) is 1. The third-order valence-corrected chi connectivity index (χ3v) is 8.00. The maximum atomic E-state index is 13.4. The number of rotatable bonds is 9. The minimum Gasteiger partial charge on any atom is -0.504 e. The number of benzene rings is 2. The van der Waals surface area contributed by atoms with Gasteiger partial charge in [-0.25, -0.2) is 8.78 Å². The van der Waals surface area contributed by atoms with Gasteiger partial charge in [-0.05, 0) is 55.3 Å². The summed E-state index contributed by atoms with van der Waals surface area (Å²) in [5.41, 5.74) is 7.16. The zero-order valence-electron chi connectivity index (χ0n) is 24.7. The van der Waals surface area contributed by atoms with Crippen LogP contribution in [0.3, 0.4) is 0 Å². The van der Waals surface area contributed by atoms with E-state index < -0.39 is 78.6 Å². The third-order valence-electron chi connectivity index (χ3n) is 8.00. The number of nitrogens with one attached hydrogen (secondary N) is 1. The van der Waals surface area contributed by atoms with Crippen molar-refractivity contribution in [2.24, 2.45) is 10.9 Å². The number of phenols is 1. The quantitative estimate of drug-likeness (QED) is 0.107. The van der Waals surface area contributed by atoms with Gasteiger partial charge in [0.2, 0.25) is 12.2 Å². The molecule has 2 aliphatic heterocycles. The van der Waals surface area contributed by atoms with Gasteiger partial charge >= 0.3 is 0 Å². The van der Waals surface area contributed by atoms with Crippen LogP contribution < -0.4 is 15.8 Å². The molecule has 250 valence electrons. The Bertz CT molecular complexity index is 1490. The number of fused-ring (bicyclic) bond motifs is 1. The van der Waals surface area contributed by atoms with E-state index in [2.05, 4.69) is 10.5 Å². The van der Waals surface area contributed by atoms with Crippen LogP contribution >= 0.6 is 0 Å². The SMILES string of the molecule is C/C(=C\c1ccc(O[C@@H]2O[C@H](/C(C)=N/OCc3ccc(F)c(F)c3)[C@@H](O)[C@H]2N)c(O)c1)C(=O)N[C@@H]1[C@H](O)[C@@H](O)[C@H]2OCO[C@H]2[C@@H]1O. The number of oxime groups is 1. The largest absolute Gasteiger partial charge is 0.504 e. The van der Waals surface area contributed by atoms with E-state index in [1.54, 1.807) is 0 Å². The monoisotopic (exact) mass is 651 g/mol. The number of halogens is 2. The fourth-order valence-corrected chi connectivity index (χ4v) is 5.41. The molecule has 2 aromatic carbocycles. The fourth-order valence-electron chi connectivity index (χ4n) is 5.41. The van der Waals surface area contributed by atoms with Gasteiger partial charge in [0, 0.05) is 5.57 Å². The van der Waals surface area contributed by atoms with E-state index >= 15 is 0 Å². The van der Waals surface area contributed by atoms with Crippen molar-refractivity contribution in [3.8, 4) is 11.5 Å². The van der Waals surface area contributed by atoms with Crippen LogP contribution in [0.2, 0.25) is 0 Å². The zero-order chi connectivity index (χ0) is 33.3. The molecule has 3 fully saturated rings. The van der Waals surface area contributed by atoms with Crippen molar-refractivity contribution < 1.29 is 62.9 Å². The summed E-state index contributed by atoms with van der Waals surface area (Å²) in [5.74, 6) is -3.03. The lowest BCUT2D eigenvalue weighted by molar-refractivity contribution is -0.155. The topological polar surface area (TPSA) is 215 Å². The van der Waals surface area contributed by atoms with Crippen molar-refractivity contribution in [1.82, 2.24) is 5.32 Å². The minimum absolute atomic E-state index is 0.0347. The van der Waals surface area contributed by atoms with Crippen molar-refractivity contribution in [2.75, 3.05) is 6.79 Å². The van der Waals surface area contributed by atoms with Crippen LogP contribution in [0.4, 0.5) is 8.78 Å². The van der Waals surface area contributed by atoms with E-state index in [1.165, 1.54) is 44.2 Å². The number of aliphatic hydroxyl groups is 4. The lowest BCUT2D eigenvalue weighted by atomic mass is 9.83. The first-order valence-electron chi connectivity index (χ1n) is 14.3. The number of ether oxygens (including phenoxy) is 4. The summed E-state index contributed by atoms with van der Waals surface area (Å²) in [6.07, 6.45) is -8.12. The van der Waals surface area contributed by atoms with Gasteiger partial charge in [-0.2, -0.15) is 0 Å². The average Bonchev–Trinajstić information content (AvgIpc) is 3.62. The summed E-state index contributed by atoms with van der Waals surface area (Å²) in [6.45, 7) is 2.66. The van der Waals surface area contributed by atoms with Crippen molar-refractivity contribution in [3.63, 3.8) is 0 Å². The Labute approximate surface area is 261 Å². The van der Waals surface area contributed by atoms with Crippen molar-refractivity contribution >= 4 is 17.7 Å². The zero-order valence-corrected chi connectivity index (χ0v) is 24.7. The van der Waals surface area contributed by atoms with Gasteiger partial charge in [0.1, 0.15) is 56.1 Å². The summed E-state index contributed by atoms with van der Waals surface area (Å²) < 4.78 is 48.4.